The number of fused-ring (bicyclic) bond motifs is 1. The lowest BCUT2D eigenvalue weighted by Gasteiger charge is -2.22. The fraction of sp³-hybridized carbons (Fsp3) is 0.500. The summed E-state index contributed by atoms with van der Waals surface area (Å²) in [5, 5.41) is 4.69. The molecule has 0 unspecified atom stereocenters. The van der Waals surface area contributed by atoms with Crippen LogP contribution in [0.25, 0.3) is 26.1 Å². The average molecular weight is 567 g/mol. The predicted molar refractivity (Wildman–Crippen MR) is 158 cm³/mol. The molecule has 0 spiro atoms. The molecule has 1 aliphatic rings. The van der Waals surface area contributed by atoms with Crippen molar-refractivity contribution in [1.29, 1.82) is 0 Å². The van der Waals surface area contributed by atoms with Crippen LogP contribution in [0.3, 0.4) is 0 Å². The van der Waals surface area contributed by atoms with E-state index < -0.39 is 21.1 Å². The first kappa shape index (κ1) is 29.2. The summed E-state index contributed by atoms with van der Waals surface area (Å²) in [6.45, 7) is 16.6. The lowest BCUT2D eigenvalue weighted by atomic mass is 9.85. The molecule has 0 atom stereocenters. The van der Waals surface area contributed by atoms with E-state index in [9.17, 15) is 13.2 Å². The first-order valence-electron chi connectivity index (χ1n) is 13.5. The fourth-order valence-corrected chi connectivity index (χ4v) is 7.72. The van der Waals surface area contributed by atoms with Crippen molar-refractivity contribution in [3.05, 3.63) is 58.5 Å². The summed E-state index contributed by atoms with van der Waals surface area (Å²) >= 11 is 1.34. The van der Waals surface area contributed by atoms with E-state index in [0.717, 1.165) is 40.8 Å². The number of nitrogens with one attached hydrogen (secondary N) is 2. The minimum absolute atomic E-state index is 0.231. The SMILES string of the molecule is [C-]#[N+]C(C)(C)CNC(=O)c1nc(CC2CCCCC2)c(-c2ccc(S(=O)(=O)NC(C)(C)C)c3ccccc23)s1. The number of benzene rings is 2. The Kier molecular flexibility index (Phi) is 8.50. The van der Waals surface area contributed by atoms with E-state index in [1.54, 1.807) is 19.9 Å². The number of thiazole rings is 1. The zero-order valence-electron chi connectivity index (χ0n) is 23.4. The highest BCUT2D eigenvalue weighted by Crippen LogP contribution is 2.40. The Morgan fingerprint density at radius 3 is 2.36 bits per heavy atom. The highest BCUT2D eigenvalue weighted by atomic mass is 32.2. The first-order valence-corrected chi connectivity index (χ1v) is 15.8. The minimum atomic E-state index is -3.76. The molecule has 39 heavy (non-hydrogen) atoms. The maximum Gasteiger partial charge on any atom is 0.280 e. The zero-order valence-corrected chi connectivity index (χ0v) is 25.1. The summed E-state index contributed by atoms with van der Waals surface area (Å²) in [5.74, 6) is 0.226. The van der Waals surface area contributed by atoms with Crippen LogP contribution in [0, 0.1) is 12.5 Å². The third-order valence-corrected chi connectivity index (χ3v) is 9.89. The van der Waals surface area contributed by atoms with Crippen LogP contribution in [0.2, 0.25) is 0 Å². The van der Waals surface area contributed by atoms with Gasteiger partial charge in [-0.3, -0.25) is 4.79 Å². The standard InChI is InChI=1S/C30H38N4O3S2/c1-29(2,3)34-39(36,37)25-17-16-23(21-14-10-11-15-22(21)25)26-24(18-20-12-8-7-9-13-20)33-28(38-26)27(35)32-19-30(4,5)31-6/h10-11,14-17,20,34H,7-9,12-13,18-19H2,1-5H3,(H,32,35). The second-order valence-electron chi connectivity index (χ2n) is 12.1. The molecule has 1 saturated carbocycles. The fourth-order valence-electron chi connectivity index (χ4n) is 5.04. The molecule has 1 amide bonds. The molecule has 7 nitrogen and oxygen atoms in total. The van der Waals surface area contributed by atoms with E-state index in [-0.39, 0.29) is 17.3 Å². The Morgan fingerprint density at radius 2 is 1.72 bits per heavy atom. The molecule has 0 saturated heterocycles. The monoisotopic (exact) mass is 566 g/mol. The van der Waals surface area contributed by atoms with Gasteiger partial charge in [-0.1, -0.05) is 62.4 Å². The second-order valence-corrected chi connectivity index (χ2v) is 14.8. The average Bonchev–Trinajstić information content (AvgIpc) is 3.29. The summed E-state index contributed by atoms with van der Waals surface area (Å²) in [4.78, 5) is 22.7. The minimum Gasteiger partial charge on any atom is -0.342 e. The number of hydrogen-bond acceptors (Lipinski definition) is 5. The summed E-state index contributed by atoms with van der Waals surface area (Å²) in [6, 6.07) is 11.0. The van der Waals surface area contributed by atoms with Gasteiger partial charge in [-0.2, -0.15) is 0 Å². The van der Waals surface area contributed by atoms with Gasteiger partial charge in [0, 0.05) is 30.3 Å². The van der Waals surface area contributed by atoms with Gasteiger partial charge in [-0.25, -0.2) is 24.7 Å². The van der Waals surface area contributed by atoms with Gasteiger partial charge >= 0.3 is 0 Å². The molecule has 0 radical (unpaired) electrons. The molecule has 3 aromatic rings. The van der Waals surface area contributed by atoms with Crippen LogP contribution in [0.4, 0.5) is 0 Å². The van der Waals surface area contributed by atoms with Crippen molar-refractivity contribution in [1.82, 2.24) is 15.0 Å². The van der Waals surface area contributed by atoms with E-state index in [1.807, 2.05) is 51.1 Å². The molecule has 208 valence electrons. The molecule has 1 fully saturated rings. The molecule has 0 aliphatic heterocycles. The van der Waals surface area contributed by atoms with Gasteiger partial charge in [0.25, 0.3) is 5.91 Å². The summed E-state index contributed by atoms with van der Waals surface area (Å²) < 4.78 is 29.4. The van der Waals surface area contributed by atoms with Crippen molar-refractivity contribution in [2.45, 2.75) is 89.1 Å². The Hall–Kier alpha value is -2.80. The highest BCUT2D eigenvalue weighted by molar-refractivity contribution is 7.89. The largest absolute Gasteiger partial charge is 0.342 e. The number of carbonyl (C=O) groups excluding carboxylic acids is 1. The van der Waals surface area contributed by atoms with Crippen molar-refractivity contribution >= 4 is 38.0 Å². The van der Waals surface area contributed by atoms with E-state index in [4.69, 9.17) is 11.6 Å². The zero-order chi connectivity index (χ0) is 28.4. The summed E-state index contributed by atoms with van der Waals surface area (Å²) in [6.07, 6.45) is 6.75. The number of rotatable bonds is 8. The number of amides is 1. The predicted octanol–water partition coefficient (Wildman–Crippen LogP) is 6.59. The van der Waals surface area contributed by atoms with Gasteiger partial charge in [0.05, 0.1) is 22.0 Å². The Bertz CT molecular complexity index is 1510. The third-order valence-electron chi connectivity index (χ3n) is 6.94. The lowest BCUT2D eigenvalue weighted by Crippen LogP contribution is -2.40. The van der Waals surface area contributed by atoms with Crippen LogP contribution in [0.15, 0.2) is 41.3 Å². The van der Waals surface area contributed by atoms with Crippen LogP contribution in [-0.4, -0.2) is 36.9 Å². The normalized spacial score (nSPS) is 15.3. The van der Waals surface area contributed by atoms with Crippen LogP contribution >= 0.6 is 11.3 Å². The van der Waals surface area contributed by atoms with E-state index in [0.29, 0.717) is 16.3 Å². The van der Waals surface area contributed by atoms with Crippen LogP contribution in [0.5, 0.6) is 0 Å². The van der Waals surface area contributed by atoms with Gasteiger partial charge < -0.3 is 10.2 Å². The van der Waals surface area contributed by atoms with Crippen molar-refractivity contribution in [2.75, 3.05) is 6.54 Å². The van der Waals surface area contributed by atoms with Crippen molar-refractivity contribution in [3.8, 4) is 10.4 Å². The van der Waals surface area contributed by atoms with Crippen molar-refractivity contribution in [3.63, 3.8) is 0 Å². The van der Waals surface area contributed by atoms with Gasteiger partial charge in [0.1, 0.15) is 0 Å². The number of carbonyl (C=O) groups is 1. The Morgan fingerprint density at radius 1 is 1.05 bits per heavy atom. The topological polar surface area (TPSA) is 92.5 Å². The molecular formula is C30H38N4O3S2. The van der Waals surface area contributed by atoms with E-state index >= 15 is 0 Å². The first-order chi connectivity index (χ1) is 18.3. The van der Waals surface area contributed by atoms with Crippen molar-refractivity contribution in [2.24, 2.45) is 5.92 Å². The second kappa shape index (κ2) is 11.4. The lowest BCUT2D eigenvalue weighted by molar-refractivity contribution is 0.0948. The molecule has 2 N–H and O–H groups in total. The molecule has 2 aromatic carbocycles. The molecule has 4 rings (SSSR count). The molecule has 0 bridgehead atoms. The van der Waals surface area contributed by atoms with Gasteiger partial charge in [-0.15, -0.1) is 11.3 Å². The third kappa shape index (κ3) is 7.05. The maximum absolute atomic E-state index is 13.3. The smallest absolute Gasteiger partial charge is 0.280 e. The van der Waals surface area contributed by atoms with Crippen LogP contribution in [0.1, 0.15) is 82.2 Å². The van der Waals surface area contributed by atoms with E-state index in [1.165, 1.54) is 30.6 Å². The van der Waals surface area contributed by atoms with Gasteiger partial charge in [0.15, 0.2) is 5.01 Å². The molecule has 1 aromatic heterocycles. The van der Waals surface area contributed by atoms with Gasteiger partial charge in [-0.05, 0) is 44.6 Å². The maximum atomic E-state index is 13.3. The van der Waals surface area contributed by atoms with Crippen LogP contribution < -0.4 is 10.0 Å². The van der Waals surface area contributed by atoms with Crippen LogP contribution in [-0.2, 0) is 16.4 Å². The summed E-state index contributed by atoms with van der Waals surface area (Å²) in [7, 11) is -3.76. The van der Waals surface area contributed by atoms with E-state index in [2.05, 4.69) is 14.9 Å². The number of nitrogens with zero attached hydrogens (tertiary/aromatic N) is 2. The number of sulfonamides is 1. The Balaban J connectivity index is 1.80. The molecular weight excluding hydrogens is 528 g/mol. The summed E-state index contributed by atoms with van der Waals surface area (Å²) in [5.41, 5.74) is 0.450. The molecule has 1 heterocycles. The molecule has 9 heteroatoms. The van der Waals surface area contributed by atoms with Crippen molar-refractivity contribution < 1.29 is 13.2 Å². The quantitative estimate of drug-likeness (QED) is 0.301. The number of aromatic nitrogens is 1. The van der Waals surface area contributed by atoms with Gasteiger partial charge in [0.2, 0.25) is 15.6 Å². The molecule has 1 aliphatic carbocycles. The number of hydrogen-bond donors (Lipinski definition) is 2. The highest BCUT2D eigenvalue weighted by Gasteiger charge is 2.28. The Labute approximate surface area is 236 Å².